The number of ether oxygens (including phenoxy) is 1. The summed E-state index contributed by atoms with van der Waals surface area (Å²) in [4.78, 5) is 21.5. The molecule has 1 amide bonds. The SMILES string of the molecule is CN(Cc1ccccn1)C1CCCN(C(=O)CC2CCCCO2)CC1. The van der Waals surface area contributed by atoms with E-state index in [9.17, 15) is 4.79 Å². The lowest BCUT2D eigenvalue weighted by Crippen LogP contribution is -2.37. The molecule has 0 radical (unpaired) electrons. The van der Waals surface area contributed by atoms with Gasteiger partial charge in [0, 0.05) is 38.5 Å². The molecule has 2 saturated heterocycles. The molecular formula is C20H31N3O2. The minimum Gasteiger partial charge on any atom is -0.378 e. The highest BCUT2D eigenvalue weighted by molar-refractivity contribution is 5.76. The van der Waals surface area contributed by atoms with E-state index in [4.69, 9.17) is 4.74 Å². The molecule has 2 aliphatic rings. The molecule has 25 heavy (non-hydrogen) atoms. The Labute approximate surface area is 151 Å². The summed E-state index contributed by atoms with van der Waals surface area (Å²) in [5, 5.41) is 0. The summed E-state index contributed by atoms with van der Waals surface area (Å²) >= 11 is 0. The number of carbonyl (C=O) groups excluding carboxylic acids is 1. The van der Waals surface area contributed by atoms with E-state index < -0.39 is 0 Å². The lowest BCUT2D eigenvalue weighted by atomic mass is 10.1. The van der Waals surface area contributed by atoms with E-state index in [0.29, 0.717) is 12.5 Å². The lowest BCUT2D eigenvalue weighted by Gasteiger charge is -2.28. The van der Waals surface area contributed by atoms with Crippen molar-refractivity contribution in [2.45, 2.75) is 63.6 Å². The van der Waals surface area contributed by atoms with E-state index in [0.717, 1.165) is 64.0 Å². The summed E-state index contributed by atoms with van der Waals surface area (Å²) < 4.78 is 5.73. The summed E-state index contributed by atoms with van der Waals surface area (Å²) in [6.07, 6.45) is 9.19. The van der Waals surface area contributed by atoms with Crippen LogP contribution in [0.1, 0.15) is 50.6 Å². The van der Waals surface area contributed by atoms with Crippen LogP contribution in [-0.4, -0.2) is 59.6 Å². The summed E-state index contributed by atoms with van der Waals surface area (Å²) in [6.45, 7) is 3.44. The van der Waals surface area contributed by atoms with Crippen molar-refractivity contribution in [1.82, 2.24) is 14.8 Å². The Morgan fingerprint density at radius 3 is 2.92 bits per heavy atom. The molecule has 0 aliphatic carbocycles. The van der Waals surface area contributed by atoms with Crippen molar-refractivity contribution < 1.29 is 9.53 Å². The van der Waals surface area contributed by atoms with Crippen molar-refractivity contribution in [3.05, 3.63) is 30.1 Å². The molecule has 0 aromatic carbocycles. The van der Waals surface area contributed by atoms with Gasteiger partial charge in [0.05, 0.1) is 18.2 Å². The molecule has 3 heterocycles. The Balaban J connectivity index is 1.47. The second-order valence-corrected chi connectivity index (χ2v) is 7.39. The predicted octanol–water partition coefficient (Wildman–Crippen LogP) is 2.85. The fourth-order valence-electron chi connectivity index (χ4n) is 3.94. The van der Waals surface area contributed by atoms with Crippen molar-refractivity contribution in [1.29, 1.82) is 0 Å². The van der Waals surface area contributed by atoms with Gasteiger partial charge in [-0.2, -0.15) is 0 Å². The lowest BCUT2D eigenvalue weighted by molar-refractivity contribution is -0.135. The smallest absolute Gasteiger partial charge is 0.225 e. The quantitative estimate of drug-likeness (QED) is 0.823. The fourth-order valence-corrected chi connectivity index (χ4v) is 3.94. The van der Waals surface area contributed by atoms with Gasteiger partial charge in [-0.25, -0.2) is 0 Å². The first-order valence-electron chi connectivity index (χ1n) is 9.72. The van der Waals surface area contributed by atoms with Gasteiger partial charge in [-0.1, -0.05) is 6.07 Å². The van der Waals surface area contributed by atoms with Gasteiger partial charge in [-0.3, -0.25) is 14.7 Å². The highest BCUT2D eigenvalue weighted by Gasteiger charge is 2.25. The normalized spacial score (nSPS) is 25.0. The third-order valence-electron chi connectivity index (χ3n) is 5.49. The summed E-state index contributed by atoms with van der Waals surface area (Å²) in [5.41, 5.74) is 1.11. The number of carbonyl (C=O) groups is 1. The topological polar surface area (TPSA) is 45.7 Å². The van der Waals surface area contributed by atoms with Gasteiger partial charge in [-0.05, 0) is 57.7 Å². The van der Waals surface area contributed by atoms with E-state index in [2.05, 4.69) is 27.9 Å². The van der Waals surface area contributed by atoms with Crippen molar-refractivity contribution in [2.75, 3.05) is 26.7 Å². The van der Waals surface area contributed by atoms with E-state index in [1.54, 1.807) is 0 Å². The molecule has 2 aliphatic heterocycles. The molecule has 0 spiro atoms. The van der Waals surface area contributed by atoms with E-state index >= 15 is 0 Å². The number of hydrogen-bond acceptors (Lipinski definition) is 4. The van der Waals surface area contributed by atoms with Crippen LogP contribution >= 0.6 is 0 Å². The Kier molecular flexibility index (Phi) is 6.82. The van der Waals surface area contributed by atoms with Gasteiger partial charge in [0.2, 0.25) is 5.91 Å². The van der Waals surface area contributed by atoms with Crippen LogP contribution in [0.2, 0.25) is 0 Å². The molecule has 0 saturated carbocycles. The molecule has 2 fully saturated rings. The maximum atomic E-state index is 12.6. The number of rotatable bonds is 5. The van der Waals surface area contributed by atoms with Gasteiger partial charge in [0.15, 0.2) is 0 Å². The van der Waals surface area contributed by atoms with Crippen molar-refractivity contribution in [3.63, 3.8) is 0 Å². The fraction of sp³-hybridized carbons (Fsp3) is 0.700. The molecule has 138 valence electrons. The third kappa shape index (κ3) is 5.51. The Morgan fingerprint density at radius 2 is 2.16 bits per heavy atom. The number of aromatic nitrogens is 1. The number of likely N-dealkylation sites (tertiary alicyclic amines) is 1. The highest BCUT2D eigenvalue weighted by Crippen LogP contribution is 2.20. The van der Waals surface area contributed by atoms with Gasteiger partial charge in [0.1, 0.15) is 0 Å². The molecule has 2 atom stereocenters. The average Bonchev–Trinajstić information content (AvgIpc) is 2.90. The van der Waals surface area contributed by atoms with Gasteiger partial charge < -0.3 is 9.64 Å². The second-order valence-electron chi connectivity index (χ2n) is 7.39. The van der Waals surface area contributed by atoms with Crippen molar-refractivity contribution in [2.24, 2.45) is 0 Å². The van der Waals surface area contributed by atoms with E-state index in [-0.39, 0.29) is 12.0 Å². The van der Waals surface area contributed by atoms with Crippen LogP contribution in [0.5, 0.6) is 0 Å². The van der Waals surface area contributed by atoms with Crippen molar-refractivity contribution in [3.8, 4) is 0 Å². The minimum absolute atomic E-state index is 0.145. The Morgan fingerprint density at radius 1 is 1.24 bits per heavy atom. The Bertz CT molecular complexity index is 531. The number of amides is 1. The van der Waals surface area contributed by atoms with Crippen LogP contribution in [0.4, 0.5) is 0 Å². The number of pyridine rings is 1. The minimum atomic E-state index is 0.145. The van der Waals surface area contributed by atoms with Crippen LogP contribution in [0.25, 0.3) is 0 Å². The third-order valence-corrected chi connectivity index (χ3v) is 5.49. The zero-order valence-corrected chi connectivity index (χ0v) is 15.4. The van der Waals surface area contributed by atoms with Crippen LogP contribution in [0, 0.1) is 0 Å². The van der Waals surface area contributed by atoms with Gasteiger partial charge in [-0.15, -0.1) is 0 Å². The first kappa shape index (κ1) is 18.3. The molecule has 5 nitrogen and oxygen atoms in total. The Hall–Kier alpha value is -1.46. The maximum absolute atomic E-state index is 12.6. The monoisotopic (exact) mass is 345 g/mol. The zero-order valence-electron chi connectivity index (χ0n) is 15.4. The highest BCUT2D eigenvalue weighted by atomic mass is 16.5. The van der Waals surface area contributed by atoms with E-state index in [1.165, 1.54) is 6.42 Å². The number of nitrogens with zero attached hydrogens (tertiary/aromatic N) is 3. The second kappa shape index (κ2) is 9.30. The summed E-state index contributed by atoms with van der Waals surface area (Å²) in [7, 11) is 2.17. The molecule has 5 heteroatoms. The van der Waals surface area contributed by atoms with Crippen LogP contribution < -0.4 is 0 Å². The first-order chi connectivity index (χ1) is 12.2. The van der Waals surface area contributed by atoms with Crippen LogP contribution in [0.15, 0.2) is 24.4 Å². The molecule has 1 aromatic rings. The van der Waals surface area contributed by atoms with Crippen molar-refractivity contribution >= 4 is 5.91 Å². The molecule has 0 N–H and O–H groups in total. The average molecular weight is 345 g/mol. The zero-order chi connectivity index (χ0) is 17.5. The maximum Gasteiger partial charge on any atom is 0.225 e. The summed E-state index contributed by atoms with van der Waals surface area (Å²) in [5.74, 6) is 0.278. The molecule has 0 bridgehead atoms. The first-order valence-corrected chi connectivity index (χ1v) is 9.72. The van der Waals surface area contributed by atoms with E-state index in [1.807, 2.05) is 18.3 Å². The number of hydrogen-bond donors (Lipinski definition) is 0. The molecule has 3 rings (SSSR count). The summed E-state index contributed by atoms with van der Waals surface area (Å²) in [6, 6.07) is 6.59. The van der Waals surface area contributed by atoms with Gasteiger partial charge in [0.25, 0.3) is 0 Å². The van der Waals surface area contributed by atoms with Gasteiger partial charge >= 0.3 is 0 Å². The molecule has 1 aromatic heterocycles. The predicted molar refractivity (Wildman–Crippen MR) is 98.1 cm³/mol. The largest absolute Gasteiger partial charge is 0.378 e. The molecule has 2 unspecified atom stereocenters. The van der Waals surface area contributed by atoms with Crippen LogP contribution in [-0.2, 0) is 16.1 Å². The standard InChI is InChI=1S/C20H31N3O2/c1-22(16-17-7-2-4-11-21-17)18-8-6-12-23(13-10-18)20(24)15-19-9-3-5-14-25-19/h2,4,7,11,18-19H,3,5-6,8-10,12-16H2,1H3. The molecular weight excluding hydrogens is 314 g/mol. The van der Waals surface area contributed by atoms with Crippen LogP contribution in [0.3, 0.4) is 0 Å².